The second-order valence-electron chi connectivity index (χ2n) is 4.12. The molecule has 0 unspecified atom stereocenters. The number of anilines is 1. The van der Waals surface area contributed by atoms with Crippen molar-refractivity contribution in [2.45, 2.75) is 12.8 Å². The normalized spacial score (nSPS) is 16.9. The van der Waals surface area contributed by atoms with Crippen LogP contribution in [0.15, 0.2) is 18.3 Å². The van der Waals surface area contributed by atoms with E-state index in [1.165, 1.54) is 19.4 Å². The second-order valence-corrected chi connectivity index (χ2v) is 4.12. The molecule has 0 aliphatic carbocycles. The van der Waals surface area contributed by atoms with Crippen molar-refractivity contribution in [1.82, 2.24) is 4.98 Å². The molecule has 4 nitrogen and oxygen atoms in total. The maximum Gasteiger partial charge on any atom is 0.308 e. The molecule has 1 aromatic rings. The first kappa shape index (κ1) is 11.8. The molecule has 0 radical (unpaired) electrons. The molecule has 2 rings (SSSR count). The van der Waals surface area contributed by atoms with Crippen LogP contribution in [0.3, 0.4) is 0 Å². The average molecular weight is 238 g/mol. The van der Waals surface area contributed by atoms with E-state index in [4.69, 9.17) is 4.74 Å². The van der Waals surface area contributed by atoms with Gasteiger partial charge in [0, 0.05) is 13.1 Å². The molecule has 0 bridgehead atoms. The third-order valence-electron chi connectivity index (χ3n) is 3.07. The van der Waals surface area contributed by atoms with Gasteiger partial charge in [-0.1, -0.05) is 0 Å². The number of esters is 1. The first-order valence-corrected chi connectivity index (χ1v) is 5.65. The molecule has 1 aliphatic rings. The van der Waals surface area contributed by atoms with Crippen molar-refractivity contribution in [2.75, 3.05) is 25.1 Å². The Balaban J connectivity index is 1.95. The molecular formula is C12H15FN2O2. The summed E-state index contributed by atoms with van der Waals surface area (Å²) in [5.74, 6) is 0.265. The Morgan fingerprint density at radius 2 is 2.18 bits per heavy atom. The van der Waals surface area contributed by atoms with Gasteiger partial charge in [0.2, 0.25) is 0 Å². The summed E-state index contributed by atoms with van der Waals surface area (Å²) in [5.41, 5.74) is 0. The van der Waals surface area contributed by atoms with Gasteiger partial charge in [-0.25, -0.2) is 9.37 Å². The quantitative estimate of drug-likeness (QED) is 0.734. The minimum atomic E-state index is -0.335. The van der Waals surface area contributed by atoms with Gasteiger partial charge < -0.3 is 9.64 Å². The Morgan fingerprint density at radius 1 is 1.47 bits per heavy atom. The number of methoxy groups -OCH3 is 1. The summed E-state index contributed by atoms with van der Waals surface area (Å²) in [6.07, 6.45) is 2.72. The van der Waals surface area contributed by atoms with Gasteiger partial charge in [-0.3, -0.25) is 4.79 Å². The SMILES string of the molecule is COC(=O)C1CCN(c2ccc(F)cn2)CC1. The molecule has 0 N–H and O–H groups in total. The molecule has 1 fully saturated rings. The van der Waals surface area contributed by atoms with E-state index in [0.29, 0.717) is 0 Å². The van der Waals surface area contributed by atoms with Crippen molar-refractivity contribution >= 4 is 11.8 Å². The highest BCUT2D eigenvalue weighted by Gasteiger charge is 2.25. The Bertz CT molecular complexity index is 386. The molecule has 5 heteroatoms. The third-order valence-corrected chi connectivity index (χ3v) is 3.07. The minimum absolute atomic E-state index is 0.0169. The van der Waals surface area contributed by atoms with E-state index < -0.39 is 0 Å². The highest BCUT2D eigenvalue weighted by molar-refractivity contribution is 5.72. The highest BCUT2D eigenvalue weighted by atomic mass is 19.1. The summed E-state index contributed by atoms with van der Waals surface area (Å²) in [7, 11) is 1.41. The molecule has 92 valence electrons. The Kier molecular flexibility index (Phi) is 3.56. The number of ether oxygens (including phenoxy) is 1. The summed E-state index contributed by atoms with van der Waals surface area (Å²) < 4.78 is 17.4. The number of piperidine rings is 1. The second kappa shape index (κ2) is 5.12. The number of rotatable bonds is 2. The summed E-state index contributed by atoms with van der Waals surface area (Å²) >= 11 is 0. The smallest absolute Gasteiger partial charge is 0.308 e. The lowest BCUT2D eigenvalue weighted by Crippen LogP contribution is -2.37. The fourth-order valence-electron chi connectivity index (χ4n) is 2.07. The van der Waals surface area contributed by atoms with Crippen LogP contribution in [0.5, 0.6) is 0 Å². The van der Waals surface area contributed by atoms with Crippen molar-refractivity contribution in [2.24, 2.45) is 5.92 Å². The number of nitrogens with zero attached hydrogens (tertiary/aromatic N) is 2. The van der Waals surface area contributed by atoms with Crippen LogP contribution in [0.2, 0.25) is 0 Å². The molecule has 1 aliphatic heterocycles. The van der Waals surface area contributed by atoms with Gasteiger partial charge in [0.05, 0.1) is 19.2 Å². The van der Waals surface area contributed by atoms with Gasteiger partial charge in [-0.15, -0.1) is 0 Å². The first-order chi connectivity index (χ1) is 8.20. The predicted molar refractivity (Wildman–Crippen MR) is 61.1 cm³/mol. The molecule has 2 heterocycles. The van der Waals surface area contributed by atoms with Gasteiger partial charge in [0.25, 0.3) is 0 Å². The number of aromatic nitrogens is 1. The lowest BCUT2D eigenvalue weighted by atomic mass is 9.97. The lowest BCUT2D eigenvalue weighted by molar-refractivity contribution is -0.146. The molecular weight excluding hydrogens is 223 g/mol. The van der Waals surface area contributed by atoms with E-state index in [1.54, 1.807) is 6.07 Å². The zero-order valence-corrected chi connectivity index (χ0v) is 9.73. The highest BCUT2D eigenvalue weighted by Crippen LogP contribution is 2.22. The fraction of sp³-hybridized carbons (Fsp3) is 0.500. The van der Waals surface area contributed by atoms with Crippen LogP contribution < -0.4 is 4.90 Å². The van der Waals surface area contributed by atoms with Crippen molar-refractivity contribution < 1.29 is 13.9 Å². The molecule has 0 spiro atoms. The van der Waals surface area contributed by atoms with Crippen molar-refractivity contribution in [1.29, 1.82) is 0 Å². The van der Waals surface area contributed by atoms with Gasteiger partial charge in [0.1, 0.15) is 11.6 Å². The summed E-state index contributed by atoms with van der Waals surface area (Å²) in [6.45, 7) is 1.50. The molecule has 0 saturated carbocycles. The van der Waals surface area contributed by atoms with E-state index in [9.17, 15) is 9.18 Å². The summed E-state index contributed by atoms with van der Waals surface area (Å²) in [6, 6.07) is 3.06. The standard InChI is InChI=1S/C12H15FN2O2/c1-17-12(16)9-4-6-15(7-5-9)11-3-2-10(13)8-14-11/h2-3,8-9H,4-7H2,1H3. The lowest BCUT2D eigenvalue weighted by Gasteiger charge is -2.31. The topological polar surface area (TPSA) is 42.4 Å². The summed E-state index contributed by atoms with van der Waals surface area (Å²) in [5, 5.41) is 0. The van der Waals surface area contributed by atoms with E-state index in [1.807, 2.05) is 0 Å². The van der Waals surface area contributed by atoms with Gasteiger partial charge in [-0.05, 0) is 25.0 Å². The number of pyridine rings is 1. The van der Waals surface area contributed by atoms with Crippen molar-refractivity contribution in [3.8, 4) is 0 Å². The number of carbonyl (C=O) groups excluding carboxylic acids is 1. The van der Waals surface area contributed by atoms with Crippen LogP contribution in [-0.4, -0.2) is 31.2 Å². The number of halogens is 1. The first-order valence-electron chi connectivity index (χ1n) is 5.65. The molecule has 0 amide bonds. The maximum absolute atomic E-state index is 12.7. The third kappa shape index (κ3) is 2.72. The van der Waals surface area contributed by atoms with Crippen LogP contribution in [0.4, 0.5) is 10.2 Å². The van der Waals surface area contributed by atoms with Crippen LogP contribution in [0.1, 0.15) is 12.8 Å². The molecule has 17 heavy (non-hydrogen) atoms. The van der Waals surface area contributed by atoms with Crippen LogP contribution in [-0.2, 0) is 9.53 Å². The Morgan fingerprint density at radius 3 is 2.71 bits per heavy atom. The van der Waals surface area contributed by atoms with Gasteiger partial charge in [0.15, 0.2) is 0 Å². The molecule has 0 aromatic carbocycles. The molecule has 1 aromatic heterocycles. The number of hydrogen-bond donors (Lipinski definition) is 0. The maximum atomic E-state index is 12.7. The monoisotopic (exact) mass is 238 g/mol. The zero-order chi connectivity index (χ0) is 12.3. The largest absolute Gasteiger partial charge is 0.469 e. The van der Waals surface area contributed by atoms with E-state index >= 15 is 0 Å². The van der Waals surface area contributed by atoms with Gasteiger partial charge in [-0.2, -0.15) is 0 Å². The number of carbonyl (C=O) groups is 1. The van der Waals surface area contributed by atoms with Crippen LogP contribution >= 0.6 is 0 Å². The minimum Gasteiger partial charge on any atom is -0.469 e. The van der Waals surface area contributed by atoms with Crippen molar-refractivity contribution in [3.63, 3.8) is 0 Å². The van der Waals surface area contributed by atoms with E-state index in [2.05, 4.69) is 9.88 Å². The van der Waals surface area contributed by atoms with Crippen molar-refractivity contribution in [3.05, 3.63) is 24.1 Å². The van der Waals surface area contributed by atoms with E-state index in [-0.39, 0.29) is 17.7 Å². The zero-order valence-electron chi connectivity index (χ0n) is 9.73. The fourth-order valence-corrected chi connectivity index (χ4v) is 2.07. The number of hydrogen-bond acceptors (Lipinski definition) is 4. The summed E-state index contributed by atoms with van der Waals surface area (Å²) in [4.78, 5) is 17.4. The Hall–Kier alpha value is -1.65. The van der Waals surface area contributed by atoms with Crippen LogP contribution in [0, 0.1) is 11.7 Å². The van der Waals surface area contributed by atoms with Crippen LogP contribution in [0.25, 0.3) is 0 Å². The van der Waals surface area contributed by atoms with Gasteiger partial charge >= 0.3 is 5.97 Å². The predicted octanol–water partition coefficient (Wildman–Crippen LogP) is 1.61. The molecule has 0 atom stereocenters. The average Bonchev–Trinajstić information content (AvgIpc) is 2.39. The Labute approximate surface area is 99.4 Å². The molecule has 1 saturated heterocycles. The van der Waals surface area contributed by atoms with E-state index in [0.717, 1.165) is 31.7 Å².